The first-order valence-electron chi connectivity index (χ1n) is 9.41. The Hall–Kier alpha value is -3.87. The lowest BCUT2D eigenvalue weighted by atomic mass is 9.96. The second kappa shape index (κ2) is 8.24. The highest BCUT2D eigenvalue weighted by atomic mass is 16.5. The maximum absolute atomic E-state index is 12.4. The predicted octanol–water partition coefficient (Wildman–Crippen LogP) is 3.40. The first-order valence-corrected chi connectivity index (χ1v) is 9.41. The lowest BCUT2D eigenvalue weighted by molar-refractivity contribution is 0.0932. The fourth-order valence-corrected chi connectivity index (χ4v) is 3.28. The Labute approximate surface area is 173 Å². The van der Waals surface area contributed by atoms with Crippen LogP contribution in [-0.4, -0.2) is 30.4 Å². The molecule has 30 heavy (non-hydrogen) atoms. The molecule has 0 fully saturated rings. The maximum atomic E-state index is 12.4. The molecule has 0 aliphatic carbocycles. The molecule has 1 amide bonds. The molecular weight excluding hydrogens is 384 g/mol. The van der Waals surface area contributed by atoms with E-state index in [9.17, 15) is 9.59 Å². The third-order valence-electron chi connectivity index (χ3n) is 4.83. The van der Waals surface area contributed by atoms with Crippen molar-refractivity contribution in [3.63, 3.8) is 0 Å². The number of primary amides is 1. The van der Waals surface area contributed by atoms with Crippen molar-refractivity contribution in [2.45, 2.75) is 13.0 Å². The number of fused-ring (bicyclic) bond motifs is 1. The smallest absolute Gasteiger partial charge is 0.248 e. The summed E-state index contributed by atoms with van der Waals surface area (Å²) in [5.74, 6) is 0.989. The highest BCUT2D eigenvalue weighted by Gasteiger charge is 2.22. The SMILES string of the molecule is COc1cc(COc2cc3c(cc2-c2cccc(C(N)=O)c2)C(=O)CCO3)ccn1. The number of benzene rings is 2. The summed E-state index contributed by atoms with van der Waals surface area (Å²) in [5, 5.41) is 0. The zero-order valence-corrected chi connectivity index (χ0v) is 16.4. The number of methoxy groups -OCH3 is 1. The topological polar surface area (TPSA) is 101 Å². The Bertz CT molecular complexity index is 1130. The molecule has 0 saturated heterocycles. The van der Waals surface area contributed by atoms with Crippen molar-refractivity contribution in [1.29, 1.82) is 0 Å². The highest BCUT2D eigenvalue weighted by molar-refractivity contribution is 6.01. The van der Waals surface area contributed by atoms with Crippen molar-refractivity contribution >= 4 is 11.7 Å². The molecule has 1 aliphatic rings. The molecular formula is C23H20N2O5. The van der Waals surface area contributed by atoms with Crippen LogP contribution >= 0.6 is 0 Å². The monoisotopic (exact) mass is 404 g/mol. The van der Waals surface area contributed by atoms with Gasteiger partial charge in [0.05, 0.1) is 19.3 Å². The molecule has 0 spiro atoms. The molecule has 0 atom stereocenters. The van der Waals surface area contributed by atoms with Gasteiger partial charge in [0.2, 0.25) is 11.8 Å². The van der Waals surface area contributed by atoms with E-state index >= 15 is 0 Å². The van der Waals surface area contributed by atoms with E-state index in [1.807, 2.05) is 12.1 Å². The summed E-state index contributed by atoms with van der Waals surface area (Å²) >= 11 is 0. The largest absolute Gasteiger partial charge is 0.492 e. The average molecular weight is 404 g/mol. The third-order valence-corrected chi connectivity index (χ3v) is 4.83. The lowest BCUT2D eigenvalue weighted by Gasteiger charge is -2.20. The zero-order valence-electron chi connectivity index (χ0n) is 16.4. The van der Waals surface area contributed by atoms with E-state index < -0.39 is 5.91 Å². The van der Waals surface area contributed by atoms with Crippen molar-refractivity contribution in [1.82, 2.24) is 4.98 Å². The minimum Gasteiger partial charge on any atom is -0.492 e. The number of nitrogens with two attached hydrogens (primary N) is 1. The molecule has 7 heteroatoms. The Morgan fingerprint density at radius 3 is 2.83 bits per heavy atom. The number of hydrogen-bond acceptors (Lipinski definition) is 6. The van der Waals surface area contributed by atoms with Crippen LogP contribution in [0.3, 0.4) is 0 Å². The summed E-state index contributed by atoms with van der Waals surface area (Å²) in [6.07, 6.45) is 1.97. The Morgan fingerprint density at radius 1 is 1.17 bits per heavy atom. The van der Waals surface area contributed by atoms with Gasteiger partial charge < -0.3 is 19.9 Å². The van der Waals surface area contributed by atoms with Gasteiger partial charge in [-0.05, 0) is 35.4 Å². The number of hydrogen-bond donors (Lipinski definition) is 1. The second-order valence-electron chi connectivity index (χ2n) is 6.81. The standard InChI is InChI=1S/C23H20N2O5/c1-28-22-9-14(5-7-25-22)13-30-20-12-21-18(19(26)6-8-29-21)11-17(20)15-3-2-4-16(10-15)23(24)27/h2-5,7,9-12H,6,8,13H2,1H3,(H2,24,27). The summed E-state index contributed by atoms with van der Waals surface area (Å²) in [6, 6.07) is 14.0. The quantitative estimate of drug-likeness (QED) is 0.676. The first-order chi connectivity index (χ1) is 14.5. The van der Waals surface area contributed by atoms with Crippen LogP contribution in [0.2, 0.25) is 0 Å². The van der Waals surface area contributed by atoms with Crippen molar-refractivity contribution in [2.24, 2.45) is 5.73 Å². The molecule has 2 aromatic carbocycles. The van der Waals surface area contributed by atoms with Crippen LogP contribution in [0.1, 0.15) is 32.7 Å². The zero-order chi connectivity index (χ0) is 21.1. The maximum Gasteiger partial charge on any atom is 0.248 e. The summed E-state index contributed by atoms with van der Waals surface area (Å²) < 4.78 is 16.9. The predicted molar refractivity (Wildman–Crippen MR) is 110 cm³/mol. The van der Waals surface area contributed by atoms with Crippen LogP contribution in [-0.2, 0) is 6.61 Å². The molecule has 1 aromatic heterocycles. The number of ketones is 1. The number of ether oxygens (including phenoxy) is 3. The first kappa shape index (κ1) is 19.4. The molecule has 7 nitrogen and oxygen atoms in total. The van der Waals surface area contributed by atoms with Crippen LogP contribution in [0, 0.1) is 0 Å². The number of pyridine rings is 1. The minimum atomic E-state index is -0.527. The fraction of sp³-hybridized carbons (Fsp3) is 0.174. The lowest BCUT2D eigenvalue weighted by Crippen LogP contribution is -2.15. The van der Waals surface area contributed by atoms with Gasteiger partial charge in [0.25, 0.3) is 0 Å². The Morgan fingerprint density at radius 2 is 2.03 bits per heavy atom. The van der Waals surface area contributed by atoms with Gasteiger partial charge in [-0.1, -0.05) is 12.1 Å². The molecule has 2 N–H and O–H groups in total. The van der Waals surface area contributed by atoms with Gasteiger partial charge in [0.15, 0.2) is 5.78 Å². The number of rotatable bonds is 6. The van der Waals surface area contributed by atoms with Crippen LogP contribution in [0.5, 0.6) is 17.4 Å². The van der Waals surface area contributed by atoms with Gasteiger partial charge >= 0.3 is 0 Å². The molecule has 1 aliphatic heterocycles. The van der Waals surface area contributed by atoms with Gasteiger partial charge in [-0.2, -0.15) is 0 Å². The van der Waals surface area contributed by atoms with Gasteiger partial charge in [-0.25, -0.2) is 4.98 Å². The molecule has 0 bridgehead atoms. The van der Waals surface area contributed by atoms with Gasteiger partial charge in [0, 0.05) is 35.9 Å². The summed E-state index contributed by atoms with van der Waals surface area (Å²) in [4.78, 5) is 28.1. The van der Waals surface area contributed by atoms with Gasteiger partial charge in [-0.3, -0.25) is 9.59 Å². The summed E-state index contributed by atoms with van der Waals surface area (Å²) in [7, 11) is 1.55. The van der Waals surface area contributed by atoms with E-state index in [-0.39, 0.29) is 12.4 Å². The number of carbonyl (C=O) groups excluding carboxylic acids is 2. The number of amides is 1. The summed E-state index contributed by atoms with van der Waals surface area (Å²) in [5.41, 5.74) is 8.57. The van der Waals surface area contributed by atoms with Crippen molar-refractivity contribution in [2.75, 3.05) is 13.7 Å². The normalized spacial score (nSPS) is 12.6. The van der Waals surface area contributed by atoms with Crippen LogP contribution in [0.4, 0.5) is 0 Å². The van der Waals surface area contributed by atoms with Crippen molar-refractivity contribution in [3.8, 4) is 28.5 Å². The van der Waals surface area contributed by atoms with Crippen molar-refractivity contribution in [3.05, 3.63) is 71.4 Å². The molecule has 4 rings (SSSR count). The number of nitrogens with zero attached hydrogens (tertiary/aromatic N) is 1. The van der Waals surface area contributed by atoms with Crippen LogP contribution < -0.4 is 19.9 Å². The Balaban J connectivity index is 1.75. The van der Waals surface area contributed by atoms with E-state index in [4.69, 9.17) is 19.9 Å². The molecule has 2 heterocycles. The highest BCUT2D eigenvalue weighted by Crippen LogP contribution is 2.39. The van der Waals surface area contributed by atoms with Crippen LogP contribution in [0.15, 0.2) is 54.7 Å². The molecule has 0 radical (unpaired) electrons. The van der Waals surface area contributed by atoms with Gasteiger partial charge in [0.1, 0.15) is 18.1 Å². The number of aromatic nitrogens is 1. The third kappa shape index (κ3) is 3.96. The van der Waals surface area contributed by atoms with Crippen LogP contribution in [0.25, 0.3) is 11.1 Å². The fourth-order valence-electron chi connectivity index (χ4n) is 3.28. The molecule has 0 unspecified atom stereocenters. The van der Waals surface area contributed by atoms with E-state index in [1.165, 1.54) is 0 Å². The molecule has 0 saturated carbocycles. The van der Waals surface area contributed by atoms with E-state index in [0.29, 0.717) is 47.1 Å². The van der Waals surface area contributed by atoms with E-state index in [1.54, 1.807) is 49.7 Å². The van der Waals surface area contributed by atoms with E-state index in [2.05, 4.69) is 4.98 Å². The Kier molecular flexibility index (Phi) is 5.34. The number of Topliss-reactive ketones (excluding diaryl/α,β-unsaturated/α-hetero) is 1. The average Bonchev–Trinajstić information content (AvgIpc) is 2.77. The van der Waals surface area contributed by atoms with Crippen molar-refractivity contribution < 1.29 is 23.8 Å². The number of carbonyl (C=O) groups is 2. The van der Waals surface area contributed by atoms with E-state index in [0.717, 1.165) is 11.1 Å². The summed E-state index contributed by atoms with van der Waals surface area (Å²) in [6.45, 7) is 0.595. The minimum absolute atomic E-state index is 0.00831. The molecule has 3 aromatic rings. The second-order valence-corrected chi connectivity index (χ2v) is 6.81. The molecule has 152 valence electrons. The van der Waals surface area contributed by atoms with Gasteiger partial charge in [-0.15, -0.1) is 0 Å².